The van der Waals surface area contributed by atoms with Gasteiger partial charge in [-0.15, -0.1) is 11.3 Å². The average molecular weight is 410 g/mol. The van der Waals surface area contributed by atoms with Gasteiger partial charge in [0.05, 0.1) is 23.2 Å². The zero-order valence-corrected chi connectivity index (χ0v) is 15.0. The van der Waals surface area contributed by atoms with Crippen molar-refractivity contribution in [2.75, 3.05) is 18.0 Å². The number of amides is 1. The molecule has 1 N–H and O–H groups in total. The van der Waals surface area contributed by atoms with E-state index < -0.39 is 17.8 Å². The summed E-state index contributed by atoms with van der Waals surface area (Å²) in [6.07, 6.45) is -3.25. The SMILES string of the molecule is O=C(O)N1C2CC1CN(c1nc3c(C(F)(F)F)ccc(-c4nccs4)c3o1)C2. The molecule has 11 heteroatoms. The summed E-state index contributed by atoms with van der Waals surface area (Å²) in [7, 11) is 0. The minimum Gasteiger partial charge on any atom is -0.465 e. The molecule has 28 heavy (non-hydrogen) atoms. The van der Waals surface area contributed by atoms with E-state index in [2.05, 4.69) is 9.97 Å². The predicted octanol–water partition coefficient (Wildman–Crippen LogP) is 3.91. The van der Waals surface area contributed by atoms with Gasteiger partial charge in [0.25, 0.3) is 6.01 Å². The summed E-state index contributed by atoms with van der Waals surface area (Å²) in [5.41, 5.74) is -0.642. The number of carboxylic acid groups (broad SMARTS) is 1. The van der Waals surface area contributed by atoms with Crippen molar-refractivity contribution in [3.63, 3.8) is 0 Å². The molecule has 5 heterocycles. The molecule has 2 bridgehead atoms. The summed E-state index contributed by atoms with van der Waals surface area (Å²) < 4.78 is 46.2. The van der Waals surface area contributed by atoms with E-state index in [9.17, 15) is 23.1 Å². The molecule has 3 aliphatic rings. The zero-order valence-electron chi connectivity index (χ0n) is 14.2. The molecule has 0 aliphatic carbocycles. The number of nitrogens with zero attached hydrogens (tertiary/aromatic N) is 4. The Bertz CT molecular complexity index is 1050. The number of hydrogen-bond acceptors (Lipinski definition) is 6. The van der Waals surface area contributed by atoms with Crippen LogP contribution in [-0.4, -0.2) is 51.2 Å². The number of oxazole rings is 1. The van der Waals surface area contributed by atoms with Crippen LogP contribution in [0.2, 0.25) is 0 Å². The van der Waals surface area contributed by atoms with Crippen molar-refractivity contribution in [3.05, 3.63) is 29.3 Å². The standard InChI is InChI=1S/C17H13F3N4O3S/c18-17(19,20)11-2-1-10(14-21-3-4-28-14)13-12(11)22-15(27-13)23-6-8-5-9(7-23)24(8)16(25)26/h1-4,8-9H,5-7H2,(H,25,26). The fourth-order valence-electron chi connectivity index (χ4n) is 3.96. The third-order valence-electron chi connectivity index (χ3n) is 5.19. The van der Waals surface area contributed by atoms with Crippen LogP contribution in [0, 0.1) is 0 Å². The van der Waals surface area contributed by atoms with E-state index in [-0.39, 0.29) is 29.2 Å². The van der Waals surface area contributed by atoms with E-state index in [1.165, 1.54) is 22.3 Å². The number of aromatic nitrogens is 2. The number of rotatable bonds is 2. The number of piperidine rings is 1. The van der Waals surface area contributed by atoms with Crippen LogP contribution >= 0.6 is 11.3 Å². The van der Waals surface area contributed by atoms with E-state index in [0.717, 1.165) is 12.5 Å². The second kappa shape index (κ2) is 5.84. The van der Waals surface area contributed by atoms with Crippen molar-refractivity contribution < 1.29 is 27.5 Å². The average Bonchev–Trinajstić information content (AvgIpc) is 3.29. The van der Waals surface area contributed by atoms with Crippen molar-refractivity contribution in [1.82, 2.24) is 14.9 Å². The molecule has 3 aromatic rings. The summed E-state index contributed by atoms with van der Waals surface area (Å²) >= 11 is 1.29. The first-order chi connectivity index (χ1) is 13.3. The molecule has 3 aliphatic heterocycles. The molecule has 2 atom stereocenters. The maximum absolute atomic E-state index is 13.5. The van der Waals surface area contributed by atoms with Crippen LogP contribution in [0.5, 0.6) is 0 Å². The Kier molecular flexibility index (Phi) is 3.60. The number of hydrogen-bond donors (Lipinski definition) is 1. The molecule has 3 saturated heterocycles. The first kappa shape index (κ1) is 17.3. The quantitative estimate of drug-likeness (QED) is 0.690. The summed E-state index contributed by atoms with van der Waals surface area (Å²) in [5, 5.41) is 11.5. The Balaban J connectivity index is 1.58. The van der Waals surface area contributed by atoms with Crippen LogP contribution in [0.4, 0.5) is 24.0 Å². The largest absolute Gasteiger partial charge is 0.465 e. The first-order valence-electron chi connectivity index (χ1n) is 8.49. The molecule has 1 amide bonds. The minimum atomic E-state index is -4.57. The lowest BCUT2D eigenvalue weighted by molar-refractivity contribution is -0.136. The lowest BCUT2D eigenvalue weighted by Gasteiger charge is -2.54. The molecule has 0 saturated carbocycles. The highest BCUT2D eigenvalue weighted by Gasteiger charge is 2.48. The maximum Gasteiger partial charge on any atom is 0.418 e. The molecule has 3 fully saturated rings. The van der Waals surface area contributed by atoms with Gasteiger partial charge < -0.3 is 14.4 Å². The fourth-order valence-corrected chi connectivity index (χ4v) is 4.62. The lowest BCUT2D eigenvalue weighted by Crippen LogP contribution is -2.70. The van der Waals surface area contributed by atoms with Gasteiger partial charge >= 0.3 is 12.3 Å². The highest BCUT2D eigenvalue weighted by molar-refractivity contribution is 7.13. The Labute approximate surface area is 160 Å². The number of piperazine rings is 1. The van der Waals surface area contributed by atoms with E-state index in [1.807, 2.05) is 0 Å². The van der Waals surface area contributed by atoms with Gasteiger partial charge in [0.15, 0.2) is 5.58 Å². The molecule has 0 radical (unpaired) electrons. The number of benzene rings is 1. The van der Waals surface area contributed by atoms with Gasteiger partial charge in [-0.3, -0.25) is 4.90 Å². The summed E-state index contributed by atoms with van der Waals surface area (Å²) in [4.78, 5) is 22.6. The Hall–Kier alpha value is -2.82. The topological polar surface area (TPSA) is 82.7 Å². The summed E-state index contributed by atoms with van der Waals surface area (Å²) in [6.45, 7) is 0.674. The minimum absolute atomic E-state index is 0.0362. The lowest BCUT2D eigenvalue weighted by atomic mass is 9.88. The zero-order chi connectivity index (χ0) is 19.6. The van der Waals surface area contributed by atoms with Crippen LogP contribution in [0.1, 0.15) is 12.0 Å². The normalized spacial score (nSPS) is 21.8. The van der Waals surface area contributed by atoms with Gasteiger partial charge in [0.2, 0.25) is 0 Å². The van der Waals surface area contributed by atoms with Crippen LogP contribution in [0.25, 0.3) is 21.7 Å². The third kappa shape index (κ3) is 2.53. The third-order valence-corrected chi connectivity index (χ3v) is 5.99. The number of fused-ring (bicyclic) bond motifs is 3. The van der Waals surface area contributed by atoms with Gasteiger partial charge in [-0.25, -0.2) is 9.78 Å². The Morgan fingerprint density at radius 1 is 1.29 bits per heavy atom. The van der Waals surface area contributed by atoms with E-state index >= 15 is 0 Å². The van der Waals surface area contributed by atoms with E-state index in [4.69, 9.17) is 4.42 Å². The van der Waals surface area contributed by atoms with Crippen molar-refractivity contribution in [1.29, 1.82) is 0 Å². The summed E-state index contributed by atoms with van der Waals surface area (Å²) in [6, 6.07) is 2.01. The maximum atomic E-state index is 13.5. The van der Waals surface area contributed by atoms with Gasteiger partial charge in [-0.2, -0.15) is 18.2 Å². The number of alkyl halides is 3. The van der Waals surface area contributed by atoms with Crippen molar-refractivity contribution in [2.24, 2.45) is 0 Å². The van der Waals surface area contributed by atoms with Gasteiger partial charge in [0, 0.05) is 24.7 Å². The molecule has 2 aromatic heterocycles. The number of anilines is 1. The highest BCUT2D eigenvalue weighted by Crippen LogP contribution is 2.42. The molecule has 1 aromatic carbocycles. The number of halogens is 3. The Morgan fingerprint density at radius 2 is 2.04 bits per heavy atom. The van der Waals surface area contributed by atoms with Crippen LogP contribution in [0.15, 0.2) is 28.1 Å². The monoisotopic (exact) mass is 410 g/mol. The smallest absolute Gasteiger partial charge is 0.418 e. The molecule has 146 valence electrons. The molecule has 7 nitrogen and oxygen atoms in total. The van der Waals surface area contributed by atoms with E-state index in [0.29, 0.717) is 23.7 Å². The van der Waals surface area contributed by atoms with E-state index in [1.54, 1.807) is 16.5 Å². The van der Waals surface area contributed by atoms with Crippen LogP contribution in [-0.2, 0) is 6.18 Å². The molecular weight excluding hydrogens is 397 g/mol. The molecule has 0 spiro atoms. The van der Waals surface area contributed by atoms with Crippen LogP contribution in [0.3, 0.4) is 0 Å². The second-order valence-corrected chi connectivity index (χ2v) is 7.70. The molecule has 2 unspecified atom stereocenters. The van der Waals surface area contributed by atoms with Crippen molar-refractivity contribution in [2.45, 2.75) is 24.7 Å². The molecule has 6 rings (SSSR count). The first-order valence-corrected chi connectivity index (χ1v) is 9.37. The molecular formula is C17H13F3N4O3S. The summed E-state index contributed by atoms with van der Waals surface area (Å²) in [5.74, 6) is 0. The number of carbonyl (C=O) groups is 1. The fraction of sp³-hybridized carbons (Fsp3) is 0.353. The van der Waals surface area contributed by atoms with Crippen LogP contribution < -0.4 is 4.90 Å². The van der Waals surface area contributed by atoms with Crippen molar-refractivity contribution >= 4 is 34.5 Å². The van der Waals surface area contributed by atoms with Gasteiger partial charge in [0.1, 0.15) is 10.5 Å². The highest BCUT2D eigenvalue weighted by atomic mass is 32.1. The number of thiazole rings is 1. The van der Waals surface area contributed by atoms with Crippen molar-refractivity contribution in [3.8, 4) is 10.6 Å². The Morgan fingerprint density at radius 3 is 2.64 bits per heavy atom. The predicted molar refractivity (Wildman–Crippen MR) is 94.4 cm³/mol. The van der Waals surface area contributed by atoms with Gasteiger partial charge in [-0.1, -0.05) is 0 Å². The second-order valence-electron chi connectivity index (χ2n) is 6.81. The van der Waals surface area contributed by atoms with Gasteiger partial charge in [-0.05, 0) is 18.6 Å².